The van der Waals surface area contributed by atoms with Crippen LogP contribution in [0.2, 0.25) is 0 Å². The Morgan fingerprint density at radius 2 is 1.94 bits per heavy atom. The van der Waals surface area contributed by atoms with Crippen LogP contribution in [0, 0.1) is 0 Å². The average molecular weight is 235 g/mol. The van der Waals surface area contributed by atoms with Gasteiger partial charge in [0.15, 0.2) is 0 Å². The van der Waals surface area contributed by atoms with Crippen molar-refractivity contribution in [3.05, 3.63) is 11.9 Å². The number of halogens is 3. The van der Waals surface area contributed by atoms with E-state index in [1.165, 1.54) is 6.07 Å². The quantitative estimate of drug-likeness (QED) is 0.546. The largest absolute Gasteiger partial charge is 0.451 e. The van der Waals surface area contributed by atoms with Gasteiger partial charge in [0.05, 0.1) is 0 Å². The first kappa shape index (κ1) is 12.5. The van der Waals surface area contributed by atoms with Gasteiger partial charge in [-0.1, -0.05) is 6.92 Å². The van der Waals surface area contributed by atoms with E-state index in [1.807, 2.05) is 6.92 Å². The van der Waals surface area contributed by atoms with Crippen LogP contribution in [0.15, 0.2) is 6.07 Å². The maximum atomic E-state index is 12.4. The summed E-state index contributed by atoms with van der Waals surface area (Å²) < 4.78 is 37.2. The van der Waals surface area contributed by atoms with E-state index in [-0.39, 0.29) is 11.6 Å². The summed E-state index contributed by atoms with van der Waals surface area (Å²) in [5.41, 5.74) is 2.07. The average Bonchev–Trinajstić information content (AvgIpc) is 2.24. The van der Waals surface area contributed by atoms with Crippen LogP contribution in [0.4, 0.5) is 24.8 Å². The van der Waals surface area contributed by atoms with Crippen molar-refractivity contribution >= 4 is 11.6 Å². The molecule has 5 nitrogen and oxygen atoms in total. The minimum absolute atomic E-state index is 0.0825. The third-order valence-electron chi connectivity index (χ3n) is 1.68. The lowest BCUT2D eigenvalue weighted by atomic mass is 10.4. The third kappa shape index (κ3) is 3.23. The lowest BCUT2D eigenvalue weighted by molar-refractivity contribution is -0.144. The van der Waals surface area contributed by atoms with E-state index in [1.54, 1.807) is 0 Å². The van der Waals surface area contributed by atoms with E-state index in [4.69, 9.17) is 5.84 Å². The fourth-order valence-electron chi connectivity index (χ4n) is 0.992. The third-order valence-corrected chi connectivity index (χ3v) is 1.68. The summed E-state index contributed by atoms with van der Waals surface area (Å²) in [7, 11) is 0. The molecule has 8 heteroatoms. The van der Waals surface area contributed by atoms with Crippen molar-refractivity contribution in [2.45, 2.75) is 19.5 Å². The van der Waals surface area contributed by atoms with Crippen LogP contribution in [-0.2, 0) is 6.18 Å². The zero-order chi connectivity index (χ0) is 12.2. The van der Waals surface area contributed by atoms with E-state index in [0.717, 1.165) is 6.42 Å². The van der Waals surface area contributed by atoms with Crippen molar-refractivity contribution in [3.63, 3.8) is 0 Å². The molecule has 0 fully saturated rings. The highest BCUT2D eigenvalue weighted by Gasteiger charge is 2.35. The minimum Gasteiger partial charge on any atom is -0.370 e. The summed E-state index contributed by atoms with van der Waals surface area (Å²) in [6.07, 6.45) is -3.81. The number of aromatic nitrogens is 2. The number of alkyl halides is 3. The van der Waals surface area contributed by atoms with Crippen molar-refractivity contribution < 1.29 is 13.2 Å². The lowest BCUT2D eigenvalue weighted by Crippen LogP contribution is -2.17. The zero-order valence-corrected chi connectivity index (χ0v) is 8.60. The van der Waals surface area contributed by atoms with Gasteiger partial charge >= 0.3 is 6.18 Å². The standard InChI is InChI=1S/C8H12F3N5/c1-2-3-13-5-4-6(16-12)15-7(14-5)8(9,10)11/h4H,2-3,12H2,1H3,(H2,13,14,15,16). The maximum Gasteiger partial charge on any atom is 0.451 e. The van der Waals surface area contributed by atoms with Gasteiger partial charge in [-0.25, -0.2) is 15.8 Å². The number of nitrogens with one attached hydrogen (secondary N) is 2. The molecule has 0 amide bonds. The molecule has 1 aromatic rings. The van der Waals surface area contributed by atoms with Crippen LogP contribution in [0.25, 0.3) is 0 Å². The number of hydrazine groups is 1. The minimum atomic E-state index is -4.59. The number of nitrogen functional groups attached to an aromatic ring is 1. The number of hydrogen-bond donors (Lipinski definition) is 3. The predicted molar refractivity (Wildman–Crippen MR) is 53.6 cm³/mol. The van der Waals surface area contributed by atoms with Crippen molar-refractivity contribution in [3.8, 4) is 0 Å². The van der Waals surface area contributed by atoms with Gasteiger partial charge in [-0.15, -0.1) is 0 Å². The summed E-state index contributed by atoms with van der Waals surface area (Å²) in [4.78, 5) is 6.57. The summed E-state index contributed by atoms with van der Waals surface area (Å²) >= 11 is 0. The lowest BCUT2D eigenvalue weighted by Gasteiger charge is -2.10. The molecule has 0 bridgehead atoms. The predicted octanol–water partition coefficient (Wildman–Crippen LogP) is 1.60. The summed E-state index contributed by atoms with van der Waals surface area (Å²) in [5.74, 6) is 3.82. The van der Waals surface area contributed by atoms with Gasteiger partial charge in [0.2, 0.25) is 5.82 Å². The Kier molecular flexibility index (Phi) is 3.88. The molecule has 0 aliphatic heterocycles. The van der Waals surface area contributed by atoms with Crippen molar-refractivity contribution in [2.24, 2.45) is 5.84 Å². The second kappa shape index (κ2) is 4.97. The molecule has 4 N–H and O–H groups in total. The monoisotopic (exact) mass is 235 g/mol. The van der Waals surface area contributed by atoms with Gasteiger partial charge in [0.25, 0.3) is 0 Å². The van der Waals surface area contributed by atoms with Crippen molar-refractivity contribution in [1.29, 1.82) is 0 Å². The summed E-state index contributed by atoms with van der Waals surface area (Å²) in [6.45, 7) is 2.42. The highest BCUT2D eigenvalue weighted by molar-refractivity contribution is 5.47. The molecule has 0 radical (unpaired) electrons. The van der Waals surface area contributed by atoms with E-state index in [9.17, 15) is 13.2 Å². The fourth-order valence-corrected chi connectivity index (χ4v) is 0.992. The number of rotatable bonds is 4. The van der Waals surface area contributed by atoms with Gasteiger partial charge in [-0.2, -0.15) is 13.2 Å². The molecular weight excluding hydrogens is 223 g/mol. The molecule has 16 heavy (non-hydrogen) atoms. The highest BCUT2D eigenvalue weighted by Crippen LogP contribution is 2.28. The van der Waals surface area contributed by atoms with Gasteiger partial charge in [-0.05, 0) is 6.42 Å². The molecule has 1 rings (SSSR count). The first-order chi connectivity index (χ1) is 7.47. The molecule has 1 aromatic heterocycles. The molecule has 0 spiro atoms. The second-order valence-electron chi connectivity index (χ2n) is 3.03. The van der Waals surface area contributed by atoms with Gasteiger partial charge in [0, 0.05) is 12.6 Å². The van der Waals surface area contributed by atoms with Crippen LogP contribution >= 0.6 is 0 Å². The topological polar surface area (TPSA) is 75.9 Å². The molecule has 0 aliphatic rings. The van der Waals surface area contributed by atoms with E-state index < -0.39 is 12.0 Å². The summed E-state index contributed by atoms with van der Waals surface area (Å²) in [5, 5.41) is 2.73. The number of nitrogens with two attached hydrogens (primary N) is 1. The molecular formula is C8H12F3N5. The Bertz CT molecular complexity index is 352. The first-order valence-corrected chi connectivity index (χ1v) is 4.64. The smallest absolute Gasteiger partial charge is 0.370 e. The zero-order valence-electron chi connectivity index (χ0n) is 8.60. The van der Waals surface area contributed by atoms with E-state index in [2.05, 4.69) is 20.7 Å². The molecule has 0 aliphatic carbocycles. The Morgan fingerprint density at radius 3 is 2.44 bits per heavy atom. The van der Waals surface area contributed by atoms with Crippen LogP contribution in [0.1, 0.15) is 19.2 Å². The number of hydrogen-bond acceptors (Lipinski definition) is 5. The maximum absolute atomic E-state index is 12.4. The number of anilines is 2. The molecule has 0 aromatic carbocycles. The fraction of sp³-hybridized carbons (Fsp3) is 0.500. The van der Waals surface area contributed by atoms with E-state index >= 15 is 0 Å². The Labute approximate surface area is 90.2 Å². The molecule has 0 unspecified atom stereocenters. The highest BCUT2D eigenvalue weighted by atomic mass is 19.4. The molecule has 90 valence electrons. The normalized spacial score (nSPS) is 11.3. The first-order valence-electron chi connectivity index (χ1n) is 4.64. The van der Waals surface area contributed by atoms with Crippen LogP contribution < -0.4 is 16.6 Å². The molecule has 1 heterocycles. The molecule has 0 atom stereocenters. The number of nitrogens with zero attached hydrogens (tertiary/aromatic N) is 2. The SMILES string of the molecule is CCCNc1cc(NN)nc(C(F)(F)F)n1. The van der Waals surface area contributed by atoms with Crippen LogP contribution in [-0.4, -0.2) is 16.5 Å². The van der Waals surface area contributed by atoms with E-state index in [0.29, 0.717) is 6.54 Å². The molecule has 0 saturated carbocycles. The second-order valence-corrected chi connectivity index (χ2v) is 3.03. The Hall–Kier alpha value is -1.57. The van der Waals surface area contributed by atoms with Crippen molar-refractivity contribution in [1.82, 2.24) is 9.97 Å². The van der Waals surface area contributed by atoms with Crippen LogP contribution in [0.5, 0.6) is 0 Å². The van der Waals surface area contributed by atoms with Gasteiger partial charge < -0.3 is 10.7 Å². The Morgan fingerprint density at radius 1 is 1.31 bits per heavy atom. The summed E-state index contributed by atoms with van der Waals surface area (Å²) in [6, 6.07) is 1.31. The van der Waals surface area contributed by atoms with Crippen molar-refractivity contribution in [2.75, 3.05) is 17.3 Å². The molecule has 0 saturated heterocycles. The van der Waals surface area contributed by atoms with Crippen LogP contribution in [0.3, 0.4) is 0 Å². The van der Waals surface area contributed by atoms with Gasteiger partial charge in [-0.3, -0.25) is 0 Å². The Balaban J connectivity index is 3.01. The van der Waals surface area contributed by atoms with Gasteiger partial charge in [0.1, 0.15) is 11.6 Å².